The molecular formula is C42H52N6O4. The first kappa shape index (κ1) is 35.1. The number of hydrogen-bond donors (Lipinski definition) is 4. The number of aromatic nitrogens is 2. The van der Waals surface area contributed by atoms with Crippen molar-refractivity contribution in [1.82, 2.24) is 19.8 Å². The molecule has 6 aliphatic rings. The highest BCUT2D eigenvalue weighted by Gasteiger charge is 2.44. The minimum Gasteiger partial charge on any atom is -0.387 e. The second-order valence-electron chi connectivity index (χ2n) is 15.7. The predicted molar refractivity (Wildman–Crippen MR) is 204 cm³/mol. The van der Waals surface area contributed by atoms with E-state index < -0.39 is 12.2 Å². The van der Waals surface area contributed by atoms with Crippen LogP contribution in [-0.2, 0) is 9.59 Å². The highest BCUT2D eigenvalue weighted by atomic mass is 16.3. The second kappa shape index (κ2) is 14.8. The Morgan fingerprint density at radius 3 is 1.54 bits per heavy atom. The lowest BCUT2D eigenvalue weighted by atomic mass is 9.72. The Bertz CT molecular complexity index is 1810. The SMILES string of the molecule is CC[C@@H]1CN2CC[C@@H]1C[C@@H]2C(O)c1ccnc2c(NC(=O)CCC(=O)Nc3cccc4c(C(O)[C@@H]5C[C@@H]6CCN5C[C@@H]6CC)ccnc34)cccc12. The van der Waals surface area contributed by atoms with E-state index in [1.165, 1.54) is 25.7 Å². The number of pyridine rings is 2. The Morgan fingerprint density at radius 2 is 1.15 bits per heavy atom. The number of benzene rings is 2. The van der Waals surface area contributed by atoms with Gasteiger partial charge in [-0.3, -0.25) is 29.4 Å². The van der Waals surface area contributed by atoms with Crippen LogP contribution in [0.25, 0.3) is 21.8 Å². The van der Waals surface area contributed by atoms with Gasteiger partial charge in [0.2, 0.25) is 11.8 Å². The smallest absolute Gasteiger partial charge is 0.224 e. The van der Waals surface area contributed by atoms with Crippen molar-refractivity contribution in [1.29, 1.82) is 0 Å². The van der Waals surface area contributed by atoms with Crippen LogP contribution in [0.5, 0.6) is 0 Å². The molecular weight excluding hydrogens is 652 g/mol. The standard InChI is InChI=1S/C42H52N6O4/c1-3-25-23-47-19-15-27(25)21-35(47)41(51)31-13-17-43-39-29(31)7-5-9-33(39)45-37(49)11-12-38(50)46-34-10-6-8-30-32(14-18-44-40(30)34)42(52)36-22-28-16-20-48(36)24-26(28)4-2/h5-10,13-14,17-18,25-28,35-36,41-42,51-52H,3-4,11-12,15-16,19-24H2,1-2H3,(H,45,49)(H,46,50)/t25-,26+,27-,28+,35-,36+,41?,42?. The van der Waals surface area contributed by atoms with Crippen LogP contribution in [0, 0.1) is 23.7 Å². The number of nitrogens with zero attached hydrogens (tertiary/aromatic N) is 4. The van der Waals surface area contributed by atoms with Gasteiger partial charge in [0.15, 0.2) is 0 Å². The van der Waals surface area contributed by atoms with Gasteiger partial charge in [-0.25, -0.2) is 0 Å². The summed E-state index contributed by atoms with van der Waals surface area (Å²) in [5.74, 6) is 2.15. The maximum absolute atomic E-state index is 13.2. The third-order valence-electron chi connectivity index (χ3n) is 13.0. The van der Waals surface area contributed by atoms with Gasteiger partial charge in [-0.05, 0) is 97.8 Å². The molecule has 0 spiro atoms. The average molecular weight is 705 g/mol. The number of aliphatic hydroxyl groups excluding tert-OH is 2. The molecule has 4 bridgehead atoms. The van der Waals surface area contributed by atoms with E-state index in [1.54, 1.807) is 12.4 Å². The fourth-order valence-corrected chi connectivity index (χ4v) is 10.1. The van der Waals surface area contributed by atoms with Gasteiger partial charge in [0.25, 0.3) is 0 Å². The summed E-state index contributed by atoms with van der Waals surface area (Å²) in [4.78, 5) is 40.5. The van der Waals surface area contributed by atoms with Gasteiger partial charge >= 0.3 is 0 Å². The lowest BCUT2D eigenvalue weighted by molar-refractivity contribution is -0.121. The largest absolute Gasteiger partial charge is 0.387 e. The molecule has 0 saturated carbocycles. The molecule has 2 amide bonds. The number of fused-ring (bicyclic) bond motifs is 8. The summed E-state index contributed by atoms with van der Waals surface area (Å²) in [5, 5.41) is 30.9. The summed E-state index contributed by atoms with van der Waals surface area (Å²) in [5.41, 5.74) is 4.04. The topological polar surface area (TPSA) is 131 Å². The summed E-state index contributed by atoms with van der Waals surface area (Å²) >= 11 is 0. The first-order chi connectivity index (χ1) is 25.3. The second-order valence-corrected chi connectivity index (χ2v) is 15.7. The van der Waals surface area contributed by atoms with Crippen LogP contribution in [0.4, 0.5) is 11.4 Å². The molecule has 8 heterocycles. The molecule has 4 unspecified atom stereocenters. The first-order valence-electron chi connectivity index (χ1n) is 19.5. The summed E-state index contributed by atoms with van der Waals surface area (Å²) in [6.45, 7) is 8.67. The Morgan fingerprint density at radius 1 is 0.712 bits per heavy atom. The molecule has 4 N–H and O–H groups in total. The van der Waals surface area contributed by atoms with Gasteiger partial charge < -0.3 is 20.8 Å². The number of amides is 2. The van der Waals surface area contributed by atoms with E-state index in [0.29, 0.717) is 46.1 Å². The molecule has 274 valence electrons. The number of nitrogens with one attached hydrogen (secondary N) is 2. The molecule has 52 heavy (non-hydrogen) atoms. The first-order valence-corrected chi connectivity index (χ1v) is 19.5. The molecule has 10 atom stereocenters. The minimum atomic E-state index is -0.641. The van der Waals surface area contributed by atoms with Crippen LogP contribution in [0.1, 0.15) is 88.5 Å². The number of piperidine rings is 6. The Labute approximate surface area is 306 Å². The molecule has 10 nitrogen and oxygen atoms in total. The van der Waals surface area contributed by atoms with E-state index in [2.05, 4.69) is 44.2 Å². The summed E-state index contributed by atoms with van der Waals surface area (Å²) < 4.78 is 0. The zero-order chi connectivity index (χ0) is 35.9. The van der Waals surface area contributed by atoms with Crippen molar-refractivity contribution < 1.29 is 19.8 Å². The summed E-state index contributed by atoms with van der Waals surface area (Å²) in [7, 11) is 0. The van der Waals surface area contributed by atoms with E-state index in [0.717, 1.165) is 60.9 Å². The Hall–Kier alpha value is -3.96. The van der Waals surface area contributed by atoms with Gasteiger partial charge in [0.1, 0.15) is 0 Å². The molecule has 4 aromatic rings. The molecule has 6 saturated heterocycles. The number of hydrogen-bond acceptors (Lipinski definition) is 8. The molecule has 10 heteroatoms. The van der Waals surface area contributed by atoms with Crippen molar-refractivity contribution >= 4 is 45.0 Å². The number of rotatable bonds is 11. The van der Waals surface area contributed by atoms with E-state index in [1.807, 2.05) is 48.5 Å². The fraction of sp³-hybridized carbons (Fsp3) is 0.524. The number of anilines is 2. The van der Waals surface area contributed by atoms with Crippen LogP contribution in [-0.4, -0.2) is 80.1 Å². The monoisotopic (exact) mass is 704 g/mol. The lowest BCUT2D eigenvalue weighted by Crippen LogP contribution is -2.55. The van der Waals surface area contributed by atoms with Crippen LogP contribution in [0.2, 0.25) is 0 Å². The van der Waals surface area contributed by atoms with Crippen molar-refractivity contribution in [3.8, 4) is 0 Å². The molecule has 2 aromatic heterocycles. The number of para-hydroxylation sites is 2. The number of aliphatic hydroxyl groups is 2. The molecule has 6 fully saturated rings. The van der Waals surface area contributed by atoms with E-state index in [-0.39, 0.29) is 36.7 Å². The number of carbonyl (C=O) groups excluding carboxylic acids is 2. The van der Waals surface area contributed by atoms with Crippen LogP contribution in [0.15, 0.2) is 60.9 Å². The molecule has 6 aliphatic heterocycles. The van der Waals surface area contributed by atoms with Gasteiger partial charge in [-0.15, -0.1) is 0 Å². The maximum atomic E-state index is 13.2. The van der Waals surface area contributed by atoms with Gasteiger partial charge in [-0.1, -0.05) is 51.0 Å². The third kappa shape index (κ3) is 6.59. The average Bonchev–Trinajstić information content (AvgIpc) is 3.19. The highest BCUT2D eigenvalue weighted by Crippen LogP contribution is 2.44. The predicted octanol–water partition coefficient (Wildman–Crippen LogP) is 6.45. The quantitative estimate of drug-likeness (QED) is 0.140. The maximum Gasteiger partial charge on any atom is 0.224 e. The van der Waals surface area contributed by atoms with Crippen LogP contribution in [0.3, 0.4) is 0 Å². The van der Waals surface area contributed by atoms with Crippen molar-refractivity contribution in [3.63, 3.8) is 0 Å². The van der Waals surface area contributed by atoms with Gasteiger partial charge in [0, 0.05) is 61.2 Å². The van der Waals surface area contributed by atoms with E-state index in [9.17, 15) is 19.8 Å². The van der Waals surface area contributed by atoms with Crippen molar-refractivity contribution in [2.45, 2.75) is 89.5 Å². The van der Waals surface area contributed by atoms with Crippen molar-refractivity contribution in [2.24, 2.45) is 23.7 Å². The van der Waals surface area contributed by atoms with Gasteiger partial charge in [-0.2, -0.15) is 0 Å². The van der Waals surface area contributed by atoms with Crippen molar-refractivity contribution in [3.05, 3.63) is 72.1 Å². The number of carbonyl (C=O) groups is 2. The zero-order valence-electron chi connectivity index (χ0n) is 30.4. The van der Waals surface area contributed by atoms with E-state index >= 15 is 0 Å². The Kier molecular flexibility index (Phi) is 10.00. The van der Waals surface area contributed by atoms with Crippen molar-refractivity contribution in [2.75, 3.05) is 36.8 Å². The zero-order valence-corrected chi connectivity index (χ0v) is 30.4. The molecule has 0 radical (unpaired) electrons. The third-order valence-corrected chi connectivity index (χ3v) is 13.0. The minimum absolute atomic E-state index is 0.0127. The summed E-state index contributed by atoms with van der Waals surface area (Å²) in [6.07, 6.45) is 8.87. The van der Waals surface area contributed by atoms with Gasteiger partial charge in [0.05, 0.1) is 34.6 Å². The fourth-order valence-electron chi connectivity index (χ4n) is 10.1. The van der Waals surface area contributed by atoms with Crippen LogP contribution >= 0.6 is 0 Å². The lowest BCUT2D eigenvalue weighted by Gasteiger charge is -2.51. The highest BCUT2D eigenvalue weighted by molar-refractivity contribution is 6.04. The molecule has 2 aromatic carbocycles. The van der Waals surface area contributed by atoms with E-state index in [4.69, 9.17) is 0 Å². The molecule has 0 aliphatic carbocycles. The Balaban J connectivity index is 0.914. The summed E-state index contributed by atoms with van der Waals surface area (Å²) in [6, 6.07) is 15.2. The van der Waals surface area contributed by atoms with Crippen LogP contribution < -0.4 is 10.6 Å². The normalized spacial score (nSPS) is 29.2. The molecule has 10 rings (SSSR count).